The summed E-state index contributed by atoms with van der Waals surface area (Å²) in [6.45, 7) is 9.08. The average Bonchev–Trinajstić information content (AvgIpc) is 3.10. The Hall–Kier alpha value is -3.09. The standard InChI is InChI=1S/C20H26N6O/c1-13-6-5-7-17(10-13)12-26-19(11-14(2)25-26)22-20(27)21-9-8-18-15(3)23-24-16(18)4/h5-7,10-11H,8-9,12H2,1-4H3,(H,23,24)(H2,21,22,27). The molecule has 0 aliphatic rings. The van der Waals surface area contributed by atoms with Crippen molar-refractivity contribution in [1.29, 1.82) is 0 Å². The van der Waals surface area contributed by atoms with E-state index < -0.39 is 0 Å². The molecule has 2 aromatic heterocycles. The van der Waals surface area contributed by atoms with E-state index in [1.54, 1.807) is 0 Å². The second-order valence-corrected chi connectivity index (χ2v) is 6.86. The smallest absolute Gasteiger partial charge is 0.320 e. The molecule has 7 heteroatoms. The summed E-state index contributed by atoms with van der Waals surface area (Å²) in [6, 6.07) is 9.91. The number of amides is 2. The number of aryl methyl sites for hydroxylation is 4. The van der Waals surface area contributed by atoms with Gasteiger partial charge in [-0.15, -0.1) is 0 Å². The first-order valence-electron chi connectivity index (χ1n) is 9.07. The highest BCUT2D eigenvalue weighted by atomic mass is 16.2. The summed E-state index contributed by atoms with van der Waals surface area (Å²) in [4.78, 5) is 12.3. The van der Waals surface area contributed by atoms with Crippen LogP contribution in [0.2, 0.25) is 0 Å². The minimum atomic E-state index is -0.237. The lowest BCUT2D eigenvalue weighted by atomic mass is 10.1. The van der Waals surface area contributed by atoms with Crippen LogP contribution in [0.5, 0.6) is 0 Å². The number of H-pyrrole nitrogens is 1. The van der Waals surface area contributed by atoms with Gasteiger partial charge in [0.1, 0.15) is 5.82 Å². The van der Waals surface area contributed by atoms with Gasteiger partial charge in [0.15, 0.2) is 0 Å². The van der Waals surface area contributed by atoms with E-state index in [1.165, 1.54) is 5.56 Å². The molecule has 7 nitrogen and oxygen atoms in total. The lowest BCUT2D eigenvalue weighted by molar-refractivity contribution is 0.252. The van der Waals surface area contributed by atoms with Gasteiger partial charge < -0.3 is 5.32 Å². The lowest BCUT2D eigenvalue weighted by Crippen LogP contribution is -2.31. The fourth-order valence-electron chi connectivity index (χ4n) is 3.15. The third-order valence-corrected chi connectivity index (χ3v) is 4.50. The fraction of sp³-hybridized carbons (Fsp3) is 0.350. The quantitative estimate of drug-likeness (QED) is 0.626. The van der Waals surface area contributed by atoms with Gasteiger partial charge in [-0.2, -0.15) is 10.2 Å². The monoisotopic (exact) mass is 366 g/mol. The van der Waals surface area contributed by atoms with Gasteiger partial charge in [0.05, 0.1) is 17.9 Å². The number of hydrogen-bond donors (Lipinski definition) is 3. The number of nitrogens with one attached hydrogen (secondary N) is 3. The van der Waals surface area contributed by atoms with E-state index in [4.69, 9.17) is 0 Å². The Morgan fingerprint density at radius 2 is 2.00 bits per heavy atom. The summed E-state index contributed by atoms with van der Waals surface area (Å²) in [5.74, 6) is 0.683. The van der Waals surface area contributed by atoms with E-state index in [2.05, 4.69) is 51.1 Å². The number of aromatic amines is 1. The second-order valence-electron chi connectivity index (χ2n) is 6.86. The number of urea groups is 1. The predicted molar refractivity (Wildman–Crippen MR) is 106 cm³/mol. The van der Waals surface area contributed by atoms with E-state index in [0.29, 0.717) is 18.9 Å². The molecule has 0 aliphatic carbocycles. The summed E-state index contributed by atoms with van der Waals surface area (Å²) in [5, 5.41) is 17.4. The van der Waals surface area contributed by atoms with Crippen molar-refractivity contribution in [3.63, 3.8) is 0 Å². The maximum atomic E-state index is 12.3. The van der Waals surface area contributed by atoms with Crippen LogP contribution in [0.15, 0.2) is 30.3 Å². The molecule has 0 aliphatic heterocycles. The van der Waals surface area contributed by atoms with Crippen molar-refractivity contribution in [1.82, 2.24) is 25.3 Å². The molecule has 0 radical (unpaired) electrons. The van der Waals surface area contributed by atoms with Crippen molar-refractivity contribution >= 4 is 11.8 Å². The maximum Gasteiger partial charge on any atom is 0.320 e. The third kappa shape index (κ3) is 4.75. The number of anilines is 1. The van der Waals surface area contributed by atoms with Crippen LogP contribution in [0, 0.1) is 27.7 Å². The molecule has 0 saturated carbocycles. The number of nitrogens with zero attached hydrogens (tertiary/aromatic N) is 3. The Morgan fingerprint density at radius 1 is 1.19 bits per heavy atom. The zero-order chi connectivity index (χ0) is 19.4. The van der Waals surface area contributed by atoms with Crippen LogP contribution in [0.4, 0.5) is 10.6 Å². The van der Waals surface area contributed by atoms with Gasteiger partial charge in [0, 0.05) is 18.3 Å². The third-order valence-electron chi connectivity index (χ3n) is 4.50. The van der Waals surface area contributed by atoms with Crippen molar-refractivity contribution in [2.45, 2.75) is 40.7 Å². The number of aromatic nitrogens is 4. The molecule has 2 amide bonds. The average molecular weight is 366 g/mol. The number of rotatable bonds is 6. The summed E-state index contributed by atoms with van der Waals surface area (Å²) in [7, 11) is 0. The van der Waals surface area contributed by atoms with Gasteiger partial charge in [-0.1, -0.05) is 29.8 Å². The van der Waals surface area contributed by atoms with E-state index in [9.17, 15) is 4.79 Å². The molecule has 3 N–H and O–H groups in total. The first kappa shape index (κ1) is 18.7. The number of carbonyl (C=O) groups excluding carboxylic acids is 1. The molecule has 27 heavy (non-hydrogen) atoms. The zero-order valence-corrected chi connectivity index (χ0v) is 16.3. The minimum Gasteiger partial charge on any atom is -0.337 e. The van der Waals surface area contributed by atoms with E-state index in [0.717, 1.165) is 34.6 Å². The molecule has 0 atom stereocenters. The van der Waals surface area contributed by atoms with Crippen molar-refractivity contribution in [3.05, 3.63) is 64.1 Å². The van der Waals surface area contributed by atoms with Crippen LogP contribution in [0.1, 0.15) is 33.8 Å². The van der Waals surface area contributed by atoms with Crippen molar-refractivity contribution in [2.24, 2.45) is 0 Å². The molecule has 3 rings (SSSR count). The second kappa shape index (κ2) is 8.07. The van der Waals surface area contributed by atoms with Crippen LogP contribution < -0.4 is 10.6 Å². The molecule has 0 saturated heterocycles. The molecule has 142 valence electrons. The Morgan fingerprint density at radius 3 is 2.70 bits per heavy atom. The van der Waals surface area contributed by atoms with Gasteiger partial charge in [-0.05, 0) is 45.2 Å². The van der Waals surface area contributed by atoms with Gasteiger partial charge >= 0.3 is 6.03 Å². The van der Waals surface area contributed by atoms with Crippen LogP contribution in [-0.2, 0) is 13.0 Å². The summed E-state index contributed by atoms with van der Waals surface area (Å²) < 4.78 is 1.81. The highest BCUT2D eigenvalue weighted by Gasteiger charge is 2.11. The topological polar surface area (TPSA) is 87.6 Å². The molecule has 0 fully saturated rings. The SMILES string of the molecule is Cc1cccc(Cn2nc(C)cc2NC(=O)NCCc2c(C)n[nH]c2C)c1. The Labute approximate surface area is 159 Å². The summed E-state index contributed by atoms with van der Waals surface area (Å²) in [5.41, 5.74) is 6.38. The highest BCUT2D eigenvalue weighted by Crippen LogP contribution is 2.14. The van der Waals surface area contributed by atoms with Crippen molar-refractivity contribution in [3.8, 4) is 0 Å². The molecule has 1 aromatic carbocycles. The molecular weight excluding hydrogens is 340 g/mol. The molecule has 2 heterocycles. The van der Waals surface area contributed by atoms with Crippen LogP contribution in [0.3, 0.4) is 0 Å². The molecular formula is C20H26N6O. The summed E-state index contributed by atoms with van der Waals surface area (Å²) in [6.07, 6.45) is 0.739. The van der Waals surface area contributed by atoms with Gasteiger partial charge in [0.25, 0.3) is 0 Å². The molecule has 0 unspecified atom stereocenters. The first-order valence-corrected chi connectivity index (χ1v) is 9.07. The van der Waals surface area contributed by atoms with E-state index >= 15 is 0 Å². The number of carbonyl (C=O) groups is 1. The Balaban J connectivity index is 1.59. The predicted octanol–water partition coefficient (Wildman–Crippen LogP) is 3.25. The summed E-state index contributed by atoms with van der Waals surface area (Å²) >= 11 is 0. The molecule has 0 spiro atoms. The first-order chi connectivity index (χ1) is 12.9. The van der Waals surface area contributed by atoms with Gasteiger partial charge in [-0.3, -0.25) is 10.4 Å². The number of benzene rings is 1. The van der Waals surface area contributed by atoms with Crippen LogP contribution >= 0.6 is 0 Å². The minimum absolute atomic E-state index is 0.237. The van der Waals surface area contributed by atoms with E-state index in [-0.39, 0.29) is 6.03 Å². The van der Waals surface area contributed by atoms with Crippen molar-refractivity contribution in [2.75, 3.05) is 11.9 Å². The van der Waals surface area contributed by atoms with Crippen molar-refractivity contribution < 1.29 is 4.79 Å². The fourth-order valence-corrected chi connectivity index (χ4v) is 3.15. The van der Waals surface area contributed by atoms with E-state index in [1.807, 2.05) is 37.6 Å². The molecule has 0 bridgehead atoms. The van der Waals surface area contributed by atoms with Crippen LogP contribution in [-0.4, -0.2) is 32.6 Å². The molecule has 3 aromatic rings. The zero-order valence-electron chi connectivity index (χ0n) is 16.3. The number of hydrogen-bond acceptors (Lipinski definition) is 3. The van der Waals surface area contributed by atoms with Gasteiger partial charge in [-0.25, -0.2) is 9.48 Å². The van der Waals surface area contributed by atoms with Crippen LogP contribution in [0.25, 0.3) is 0 Å². The largest absolute Gasteiger partial charge is 0.337 e. The Bertz CT molecular complexity index is 920. The normalized spacial score (nSPS) is 10.8. The highest BCUT2D eigenvalue weighted by molar-refractivity contribution is 5.88. The van der Waals surface area contributed by atoms with Gasteiger partial charge in [0.2, 0.25) is 0 Å². The maximum absolute atomic E-state index is 12.3. The lowest BCUT2D eigenvalue weighted by Gasteiger charge is -2.11. The Kier molecular flexibility index (Phi) is 5.59.